The average Bonchev–Trinajstić information content (AvgIpc) is 2.83. The number of rotatable bonds is 3. The Bertz CT molecular complexity index is 463. The van der Waals surface area contributed by atoms with Gasteiger partial charge in [-0.25, -0.2) is 0 Å². The largest absolute Gasteiger partial charge is 0.325 e. The number of nitrogens with one attached hydrogen (secondary N) is 2. The van der Waals surface area contributed by atoms with Crippen molar-refractivity contribution < 1.29 is 4.79 Å². The van der Waals surface area contributed by atoms with Crippen LogP contribution in [0.25, 0.3) is 0 Å². The van der Waals surface area contributed by atoms with E-state index in [0.29, 0.717) is 23.5 Å². The molecule has 1 amide bonds. The van der Waals surface area contributed by atoms with E-state index in [2.05, 4.69) is 15.5 Å². The van der Waals surface area contributed by atoms with Gasteiger partial charge >= 0.3 is 0 Å². The van der Waals surface area contributed by atoms with Crippen LogP contribution in [0.3, 0.4) is 0 Å². The van der Waals surface area contributed by atoms with Crippen LogP contribution < -0.4 is 10.6 Å². The van der Waals surface area contributed by atoms with Gasteiger partial charge in [0.25, 0.3) is 0 Å². The van der Waals surface area contributed by atoms with Gasteiger partial charge in [-0.1, -0.05) is 11.6 Å². The summed E-state index contributed by atoms with van der Waals surface area (Å²) in [5, 5.41) is 7.15. The maximum absolute atomic E-state index is 12.1. The van der Waals surface area contributed by atoms with Crippen LogP contribution in [0.4, 0.5) is 5.69 Å². The van der Waals surface area contributed by atoms with Gasteiger partial charge in [-0.15, -0.1) is 0 Å². The molecule has 2 saturated heterocycles. The second kappa shape index (κ2) is 6.12. The summed E-state index contributed by atoms with van der Waals surface area (Å²) < 4.78 is 0. The minimum atomic E-state index is 0.0472. The Hall–Kier alpha value is -1.10. The van der Waals surface area contributed by atoms with Gasteiger partial charge in [0.15, 0.2) is 0 Å². The lowest BCUT2D eigenvalue weighted by Gasteiger charge is -2.24. The summed E-state index contributed by atoms with van der Waals surface area (Å²) in [6.07, 6.45) is 2.54. The van der Waals surface area contributed by atoms with Crippen LogP contribution in [-0.2, 0) is 4.79 Å². The van der Waals surface area contributed by atoms with E-state index in [4.69, 9.17) is 11.6 Å². The molecule has 0 aliphatic carbocycles. The van der Waals surface area contributed by atoms with Crippen LogP contribution in [0.5, 0.6) is 0 Å². The standard InChI is InChI=1S/C15H20ClN3O/c16-12-3-5-13(6-4-12)18-15(20)10-19-8-11-2-1-7-17-14(11)9-19/h3-6,11,14,17H,1-2,7-10H2,(H,18,20). The van der Waals surface area contributed by atoms with E-state index in [1.54, 1.807) is 12.1 Å². The van der Waals surface area contributed by atoms with Crippen molar-refractivity contribution in [2.75, 3.05) is 31.5 Å². The minimum Gasteiger partial charge on any atom is -0.325 e. The van der Waals surface area contributed by atoms with E-state index in [-0.39, 0.29) is 5.91 Å². The number of anilines is 1. The van der Waals surface area contributed by atoms with Crippen molar-refractivity contribution in [1.29, 1.82) is 0 Å². The summed E-state index contributed by atoms with van der Waals surface area (Å²) in [4.78, 5) is 14.3. The van der Waals surface area contributed by atoms with E-state index < -0.39 is 0 Å². The van der Waals surface area contributed by atoms with Gasteiger partial charge in [0, 0.05) is 29.8 Å². The van der Waals surface area contributed by atoms with Crippen LogP contribution in [0.2, 0.25) is 5.02 Å². The first kappa shape index (κ1) is 13.9. The van der Waals surface area contributed by atoms with E-state index in [1.165, 1.54) is 12.8 Å². The first-order valence-corrected chi connectivity index (χ1v) is 7.59. The second-order valence-corrected chi connectivity index (χ2v) is 6.15. The minimum absolute atomic E-state index is 0.0472. The molecular weight excluding hydrogens is 274 g/mol. The summed E-state index contributed by atoms with van der Waals surface area (Å²) in [6, 6.07) is 7.79. The van der Waals surface area contributed by atoms with E-state index >= 15 is 0 Å². The van der Waals surface area contributed by atoms with Crippen LogP contribution in [0, 0.1) is 5.92 Å². The van der Waals surface area contributed by atoms with Gasteiger partial charge in [-0.2, -0.15) is 0 Å². The number of nitrogens with zero attached hydrogens (tertiary/aromatic N) is 1. The maximum atomic E-state index is 12.1. The molecule has 2 N–H and O–H groups in total. The van der Waals surface area contributed by atoms with Crippen LogP contribution in [0.15, 0.2) is 24.3 Å². The number of benzene rings is 1. The maximum Gasteiger partial charge on any atom is 0.238 e. The Morgan fingerprint density at radius 3 is 2.90 bits per heavy atom. The molecule has 0 bridgehead atoms. The quantitative estimate of drug-likeness (QED) is 0.895. The zero-order valence-corrected chi connectivity index (χ0v) is 12.2. The molecule has 4 nitrogen and oxygen atoms in total. The third kappa shape index (κ3) is 3.32. The SMILES string of the molecule is O=C(CN1CC2CCCNC2C1)Nc1ccc(Cl)cc1. The molecule has 3 rings (SSSR count). The Kier molecular flexibility index (Phi) is 4.24. The lowest BCUT2D eigenvalue weighted by atomic mass is 9.94. The van der Waals surface area contributed by atoms with E-state index in [0.717, 1.165) is 25.3 Å². The number of hydrogen-bond donors (Lipinski definition) is 2. The van der Waals surface area contributed by atoms with E-state index in [1.807, 2.05) is 12.1 Å². The molecule has 2 fully saturated rings. The fraction of sp³-hybridized carbons (Fsp3) is 0.533. The normalized spacial score (nSPS) is 26.2. The zero-order valence-electron chi connectivity index (χ0n) is 11.4. The molecule has 2 unspecified atom stereocenters. The number of likely N-dealkylation sites (tertiary alicyclic amines) is 1. The molecule has 2 aliphatic heterocycles. The number of carbonyl (C=O) groups excluding carboxylic acids is 1. The Labute approximate surface area is 124 Å². The molecule has 5 heteroatoms. The van der Waals surface area contributed by atoms with Gasteiger partial charge in [0.2, 0.25) is 5.91 Å². The molecule has 2 heterocycles. The zero-order chi connectivity index (χ0) is 13.9. The van der Waals surface area contributed by atoms with Crippen molar-refractivity contribution in [1.82, 2.24) is 10.2 Å². The van der Waals surface area contributed by atoms with Crippen molar-refractivity contribution >= 4 is 23.2 Å². The highest BCUT2D eigenvalue weighted by Crippen LogP contribution is 2.24. The predicted octanol–water partition coefficient (Wildman–Crippen LogP) is 1.96. The van der Waals surface area contributed by atoms with Gasteiger partial charge in [-0.3, -0.25) is 9.69 Å². The highest BCUT2D eigenvalue weighted by Gasteiger charge is 2.34. The lowest BCUT2D eigenvalue weighted by molar-refractivity contribution is -0.117. The third-order valence-electron chi connectivity index (χ3n) is 4.17. The topological polar surface area (TPSA) is 44.4 Å². The smallest absolute Gasteiger partial charge is 0.238 e. The van der Waals surface area contributed by atoms with Crippen molar-refractivity contribution in [3.05, 3.63) is 29.3 Å². The molecule has 0 aromatic heterocycles. The molecule has 2 atom stereocenters. The van der Waals surface area contributed by atoms with Gasteiger partial charge in [0.1, 0.15) is 0 Å². The predicted molar refractivity (Wildman–Crippen MR) is 81.0 cm³/mol. The highest BCUT2D eigenvalue weighted by atomic mass is 35.5. The molecule has 1 aromatic rings. The summed E-state index contributed by atoms with van der Waals surface area (Å²) >= 11 is 5.83. The Morgan fingerprint density at radius 2 is 2.15 bits per heavy atom. The fourth-order valence-corrected chi connectivity index (χ4v) is 3.33. The van der Waals surface area contributed by atoms with E-state index in [9.17, 15) is 4.79 Å². The molecule has 0 radical (unpaired) electrons. The number of carbonyl (C=O) groups is 1. The van der Waals surface area contributed by atoms with Crippen LogP contribution in [-0.4, -0.2) is 43.0 Å². The summed E-state index contributed by atoms with van der Waals surface area (Å²) in [5.74, 6) is 0.762. The molecule has 0 saturated carbocycles. The lowest BCUT2D eigenvalue weighted by Crippen LogP contribution is -2.41. The number of piperidine rings is 1. The molecule has 108 valence electrons. The molecule has 1 aromatic carbocycles. The summed E-state index contributed by atoms with van der Waals surface area (Å²) in [6.45, 7) is 3.60. The monoisotopic (exact) mass is 293 g/mol. The number of halogens is 1. The second-order valence-electron chi connectivity index (χ2n) is 5.71. The molecular formula is C15H20ClN3O. The van der Waals surface area contributed by atoms with Crippen molar-refractivity contribution in [2.45, 2.75) is 18.9 Å². The number of fused-ring (bicyclic) bond motifs is 1. The average molecular weight is 294 g/mol. The highest BCUT2D eigenvalue weighted by molar-refractivity contribution is 6.30. The van der Waals surface area contributed by atoms with Crippen LogP contribution >= 0.6 is 11.6 Å². The van der Waals surface area contributed by atoms with Crippen molar-refractivity contribution in [3.63, 3.8) is 0 Å². The van der Waals surface area contributed by atoms with Gasteiger partial charge < -0.3 is 10.6 Å². The first-order chi connectivity index (χ1) is 9.70. The molecule has 2 aliphatic rings. The Balaban J connectivity index is 1.50. The first-order valence-electron chi connectivity index (χ1n) is 7.22. The van der Waals surface area contributed by atoms with Crippen LogP contribution in [0.1, 0.15) is 12.8 Å². The van der Waals surface area contributed by atoms with Gasteiger partial charge in [-0.05, 0) is 49.6 Å². The van der Waals surface area contributed by atoms with Crippen molar-refractivity contribution in [2.24, 2.45) is 5.92 Å². The number of amides is 1. The molecule has 0 spiro atoms. The molecule has 20 heavy (non-hydrogen) atoms. The summed E-state index contributed by atoms with van der Waals surface area (Å²) in [7, 11) is 0. The fourth-order valence-electron chi connectivity index (χ4n) is 3.20. The third-order valence-corrected chi connectivity index (χ3v) is 4.42. The summed E-state index contributed by atoms with van der Waals surface area (Å²) in [5.41, 5.74) is 0.800. The van der Waals surface area contributed by atoms with Crippen molar-refractivity contribution in [3.8, 4) is 0 Å². The Morgan fingerprint density at radius 1 is 1.35 bits per heavy atom. The number of hydrogen-bond acceptors (Lipinski definition) is 3. The van der Waals surface area contributed by atoms with Gasteiger partial charge in [0.05, 0.1) is 6.54 Å².